The number of anilines is 1. The molecule has 32 heavy (non-hydrogen) atoms. The minimum atomic E-state index is -3.58. The van der Waals surface area contributed by atoms with E-state index in [1.165, 1.54) is 16.6 Å². The Morgan fingerprint density at radius 2 is 1.59 bits per heavy atom. The first kappa shape index (κ1) is 22.2. The van der Waals surface area contributed by atoms with E-state index in [-0.39, 0.29) is 11.1 Å². The first-order chi connectivity index (χ1) is 15.1. The van der Waals surface area contributed by atoms with Crippen molar-refractivity contribution in [2.24, 2.45) is 0 Å². The van der Waals surface area contributed by atoms with Crippen molar-refractivity contribution in [1.29, 1.82) is 0 Å². The van der Waals surface area contributed by atoms with Crippen molar-refractivity contribution in [1.82, 2.24) is 9.29 Å². The summed E-state index contributed by atoms with van der Waals surface area (Å²) < 4.78 is 27.8. The van der Waals surface area contributed by atoms with E-state index in [0.717, 1.165) is 16.6 Å². The molecule has 4 rings (SSSR count). The van der Waals surface area contributed by atoms with Crippen molar-refractivity contribution in [3.63, 3.8) is 0 Å². The quantitative estimate of drug-likeness (QED) is 0.437. The summed E-state index contributed by atoms with van der Waals surface area (Å²) in [6, 6.07) is 12.1. The number of hydrogen-bond donors (Lipinski definition) is 0. The predicted molar refractivity (Wildman–Crippen MR) is 125 cm³/mol. The number of aromatic nitrogens is 1. The topological polar surface area (TPSA) is 96.7 Å². The maximum Gasteiger partial charge on any atom is 0.278 e. The Hall–Kier alpha value is -3.04. The molecule has 0 aliphatic carbocycles. The fraction of sp³-hybridized carbons (Fsp3) is 0.348. The molecule has 0 N–H and O–H groups in total. The van der Waals surface area contributed by atoms with Gasteiger partial charge < -0.3 is 4.90 Å². The van der Waals surface area contributed by atoms with Gasteiger partial charge in [-0.1, -0.05) is 32.9 Å². The molecular weight excluding hydrogens is 428 g/mol. The second-order valence-electron chi connectivity index (χ2n) is 8.95. The number of fused-ring (bicyclic) bond motifs is 1. The summed E-state index contributed by atoms with van der Waals surface area (Å²) in [5.41, 5.74) is 1.90. The lowest BCUT2D eigenvalue weighted by Gasteiger charge is -2.36. The Balaban J connectivity index is 1.55. The Kier molecular flexibility index (Phi) is 5.64. The van der Waals surface area contributed by atoms with Gasteiger partial charge in [0.1, 0.15) is 0 Å². The smallest absolute Gasteiger partial charge is 0.278 e. The van der Waals surface area contributed by atoms with E-state index in [2.05, 4.69) is 30.7 Å². The summed E-state index contributed by atoms with van der Waals surface area (Å²) in [4.78, 5) is 17.3. The molecule has 0 radical (unpaired) electrons. The maximum absolute atomic E-state index is 13.1. The zero-order chi connectivity index (χ0) is 23.1. The van der Waals surface area contributed by atoms with Crippen LogP contribution < -0.4 is 4.90 Å². The molecule has 0 amide bonds. The lowest BCUT2D eigenvalue weighted by atomic mass is 9.87. The van der Waals surface area contributed by atoms with Crippen LogP contribution in [0.25, 0.3) is 10.8 Å². The molecule has 0 unspecified atom stereocenters. The van der Waals surface area contributed by atoms with E-state index in [1.807, 2.05) is 12.1 Å². The first-order valence-corrected chi connectivity index (χ1v) is 11.9. The third kappa shape index (κ3) is 4.05. The molecule has 8 nitrogen and oxygen atoms in total. The molecule has 9 heteroatoms. The van der Waals surface area contributed by atoms with Gasteiger partial charge >= 0.3 is 0 Å². The number of hydrogen-bond acceptors (Lipinski definition) is 6. The zero-order valence-corrected chi connectivity index (χ0v) is 19.2. The van der Waals surface area contributed by atoms with Crippen LogP contribution in [-0.2, 0) is 15.4 Å². The van der Waals surface area contributed by atoms with Gasteiger partial charge in [0.15, 0.2) is 0 Å². The number of nitro benzene ring substituents is 1. The van der Waals surface area contributed by atoms with E-state index in [4.69, 9.17) is 0 Å². The first-order valence-electron chi connectivity index (χ1n) is 10.5. The van der Waals surface area contributed by atoms with Gasteiger partial charge in [-0.2, -0.15) is 4.31 Å². The van der Waals surface area contributed by atoms with E-state index >= 15 is 0 Å². The lowest BCUT2D eigenvalue weighted by Crippen LogP contribution is -2.48. The molecule has 1 fully saturated rings. The Labute approximate surface area is 187 Å². The number of sulfonamides is 1. The monoisotopic (exact) mass is 454 g/mol. The second kappa shape index (κ2) is 8.14. The second-order valence-corrected chi connectivity index (χ2v) is 10.9. The molecule has 3 aromatic rings. The molecule has 1 aliphatic heterocycles. The number of benzene rings is 2. The van der Waals surface area contributed by atoms with Crippen molar-refractivity contribution in [2.45, 2.75) is 31.1 Å². The van der Waals surface area contributed by atoms with Crippen LogP contribution in [-0.4, -0.2) is 48.8 Å². The van der Waals surface area contributed by atoms with Gasteiger partial charge in [0.25, 0.3) is 5.69 Å². The van der Waals surface area contributed by atoms with Crippen molar-refractivity contribution >= 4 is 32.2 Å². The summed E-state index contributed by atoms with van der Waals surface area (Å²) in [7, 11) is -3.58. The third-order valence-electron chi connectivity index (χ3n) is 5.91. The Morgan fingerprint density at radius 1 is 0.938 bits per heavy atom. The van der Waals surface area contributed by atoms with E-state index < -0.39 is 14.9 Å². The molecule has 1 saturated heterocycles. The summed E-state index contributed by atoms with van der Waals surface area (Å²) in [5, 5.41) is 12.6. The highest BCUT2D eigenvalue weighted by Gasteiger charge is 2.30. The van der Waals surface area contributed by atoms with Crippen LogP contribution >= 0.6 is 0 Å². The molecule has 1 aliphatic rings. The van der Waals surface area contributed by atoms with Crippen molar-refractivity contribution < 1.29 is 13.3 Å². The molecule has 1 aromatic heterocycles. The molecular formula is C23H26N4O4S. The van der Waals surface area contributed by atoms with Crippen LogP contribution in [0.5, 0.6) is 0 Å². The van der Waals surface area contributed by atoms with Gasteiger partial charge in [0.2, 0.25) is 10.0 Å². The number of nitrogens with zero attached hydrogens (tertiary/aromatic N) is 4. The van der Waals surface area contributed by atoms with Gasteiger partial charge in [-0.15, -0.1) is 0 Å². The number of pyridine rings is 1. The fourth-order valence-electron chi connectivity index (χ4n) is 4.04. The van der Waals surface area contributed by atoms with Crippen LogP contribution in [0.2, 0.25) is 0 Å². The largest absolute Gasteiger partial charge is 0.368 e. The number of rotatable bonds is 4. The summed E-state index contributed by atoms with van der Waals surface area (Å²) in [6.45, 7) is 7.94. The molecule has 0 bridgehead atoms. The summed E-state index contributed by atoms with van der Waals surface area (Å²) in [5.74, 6) is 0. The number of piperazine rings is 1. The van der Waals surface area contributed by atoms with Crippen LogP contribution in [0, 0.1) is 10.1 Å². The zero-order valence-electron chi connectivity index (χ0n) is 18.4. The van der Waals surface area contributed by atoms with Crippen LogP contribution in [0.15, 0.2) is 59.8 Å². The highest BCUT2D eigenvalue weighted by Crippen LogP contribution is 2.34. The van der Waals surface area contributed by atoms with Crippen molar-refractivity contribution in [3.05, 3.63) is 70.5 Å². The molecule has 2 heterocycles. The van der Waals surface area contributed by atoms with Crippen LogP contribution in [0.1, 0.15) is 26.3 Å². The van der Waals surface area contributed by atoms with E-state index in [9.17, 15) is 18.5 Å². The van der Waals surface area contributed by atoms with Gasteiger partial charge in [0, 0.05) is 55.7 Å². The Morgan fingerprint density at radius 3 is 2.19 bits per heavy atom. The minimum Gasteiger partial charge on any atom is -0.368 e. The summed E-state index contributed by atoms with van der Waals surface area (Å²) >= 11 is 0. The van der Waals surface area contributed by atoms with Gasteiger partial charge in [-0.3, -0.25) is 15.1 Å². The standard InChI is InChI=1S/C23H26N4O4S/c1-23(2,3)17-4-6-18(7-5-17)32(30,31)26-14-12-25(13-15-26)21-8-9-22(27(28)29)20-16-24-11-10-19(20)21/h4-11,16H,12-15H2,1-3H3. The van der Waals surface area contributed by atoms with E-state index in [0.29, 0.717) is 36.5 Å². The molecule has 0 spiro atoms. The third-order valence-corrected chi connectivity index (χ3v) is 7.82. The molecule has 168 valence electrons. The average molecular weight is 455 g/mol. The Bertz CT molecular complexity index is 1260. The molecule has 0 atom stereocenters. The van der Waals surface area contributed by atoms with Crippen molar-refractivity contribution in [3.8, 4) is 0 Å². The SMILES string of the molecule is CC(C)(C)c1ccc(S(=O)(=O)N2CCN(c3ccc([N+](=O)[O-])c4cnccc34)CC2)cc1. The van der Waals surface area contributed by atoms with Crippen molar-refractivity contribution in [2.75, 3.05) is 31.1 Å². The van der Waals surface area contributed by atoms with Crippen LogP contribution in [0.4, 0.5) is 11.4 Å². The van der Waals surface area contributed by atoms with Gasteiger partial charge in [0.05, 0.1) is 15.2 Å². The summed E-state index contributed by atoms with van der Waals surface area (Å²) in [6.07, 6.45) is 3.11. The minimum absolute atomic E-state index is 0.0109. The number of nitro groups is 1. The van der Waals surface area contributed by atoms with Gasteiger partial charge in [-0.25, -0.2) is 8.42 Å². The normalized spacial score (nSPS) is 15.8. The molecule has 0 saturated carbocycles. The van der Waals surface area contributed by atoms with E-state index in [1.54, 1.807) is 30.5 Å². The highest BCUT2D eigenvalue weighted by molar-refractivity contribution is 7.89. The fourth-order valence-corrected chi connectivity index (χ4v) is 5.46. The predicted octanol–water partition coefficient (Wildman–Crippen LogP) is 3.95. The average Bonchev–Trinajstić information content (AvgIpc) is 2.78. The maximum atomic E-state index is 13.1. The number of non-ortho nitro benzene ring substituents is 1. The van der Waals surface area contributed by atoms with Gasteiger partial charge in [-0.05, 0) is 35.2 Å². The highest BCUT2D eigenvalue weighted by atomic mass is 32.2. The van der Waals surface area contributed by atoms with Crippen LogP contribution in [0.3, 0.4) is 0 Å². The lowest BCUT2D eigenvalue weighted by molar-refractivity contribution is -0.383. The molecule has 2 aromatic carbocycles.